The van der Waals surface area contributed by atoms with Crippen LogP contribution < -0.4 is 5.46 Å². The van der Waals surface area contributed by atoms with Gasteiger partial charge in [0.25, 0.3) is 0 Å². The van der Waals surface area contributed by atoms with Gasteiger partial charge in [0, 0.05) is 31.3 Å². The van der Waals surface area contributed by atoms with Crippen LogP contribution in [0.1, 0.15) is 18.4 Å². The van der Waals surface area contributed by atoms with Crippen molar-refractivity contribution in [3.63, 3.8) is 0 Å². The minimum absolute atomic E-state index is 0.0714. The Morgan fingerprint density at radius 1 is 1.37 bits per heavy atom. The van der Waals surface area contributed by atoms with E-state index in [2.05, 4.69) is 4.90 Å². The van der Waals surface area contributed by atoms with E-state index in [4.69, 9.17) is 14.8 Å². The fourth-order valence-corrected chi connectivity index (χ4v) is 2.43. The Morgan fingerprint density at radius 2 is 2.05 bits per heavy atom. The van der Waals surface area contributed by atoms with Crippen LogP contribution in [-0.2, 0) is 11.3 Å². The first-order chi connectivity index (χ1) is 9.08. The lowest BCUT2D eigenvalue weighted by Gasteiger charge is -2.31. The Bertz CT molecular complexity index is 424. The molecule has 1 heterocycles. The van der Waals surface area contributed by atoms with Gasteiger partial charge in [-0.05, 0) is 31.5 Å². The monoisotopic (exact) mass is 267 g/mol. The average Bonchev–Trinajstić information content (AvgIpc) is 2.41. The van der Waals surface area contributed by atoms with E-state index < -0.39 is 12.9 Å². The molecule has 104 valence electrons. The Hall–Kier alpha value is -0.945. The molecular formula is C13H19BFNO3. The topological polar surface area (TPSA) is 52.9 Å². The molecule has 1 aromatic carbocycles. The summed E-state index contributed by atoms with van der Waals surface area (Å²) in [6.07, 6.45) is 1.99. The first-order valence-electron chi connectivity index (χ1n) is 6.50. The van der Waals surface area contributed by atoms with E-state index in [1.807, 2.05) is 7.05 Å². The summed E-state index contributed by atoms with van der Waals surface area (Å²) in [6.45, 7) is 2.21. The molecule has 1 saturated heterocycles. The zero-order valence-corrected chi connectivity index (χ0v) is 11.1. The Morgan fingerprint density at radius 3 is 2.68 bits per heavy atom. The van der Waals surface area contributed by atoms with Gasteiger partial charge in [0.15, 0.2) is 0 Å². The largest absolute Gasteiger partial charge is 0.491 e. The van der Waals surface area contributed by atoms with Crippen LogP contribution in [0.4, 0.5) is 4.39 Å². The summed E-state index contributed by atoms with van der Waals surface area (Å²) in [5.41, 5.74) is 0.802. The van der Waals surface area contributed by atoms with E-state index in [-0.39, 0.29) is 5.46 Å². The summed E-state index contributed by atoms with van der Waals surface area (Å²) in [6, 6.07) is 4.93. The zero-order valence-electron chi connectivity index (χ0n) is 11.1. The summed E-state index contributed by atoms with van der Waals surface area (Å²) >= 11 is 0. The van der Waals surface area contributed by atoms with Gasteiger partial charge in [-0.1, -0.05) is 12.1 Å². The first kappa shape index (κ1) is 14.5. The van der Waals surface area contributed by atoms with Crippen LogP contribution in [0.3, 0.4) is 0 Å². The standard InChI is InChI=1S/C13H19BFNO3/c1-16(11-4-6-19-7-5-11)9-10-2-3-13(15)12(8-10)14(17)18/h2-3,8,11,17-18H,4-7,9H2,1H3. The average molecular weight is 267 g/mol. The molecule has 4 nitrogen and oxygen atoms in total. The fourth-order valence-electron chi connectivity index (χ4n) is 2.43. The first-order valence-corrected chi connectivity index (χ1v) is 6.50. The van der Waals surface area contributed by atoms with Crippen molar-refractivity contribution >= 4 is 12.6 Å². The van der Waals surface area contributed by atoms with Gasteiger partial charge in [0.2, 0.25) is 0 Å². The highest BCUT2D eigenvalue weighted by Crippen LogP contribution is 2.15. The Kier molecular flexibility index (Phi) is 4.93. The normalized spacial score (nSPS) is 16.9. The molecule has 19 heavy (non-hydrogen) atoms. The van der Waals surface area contributed by atoms with Gasteiger partial charge in [0.1, 0.15) is 5.82 Å². The maximum atomic E-state index is 13.4. The van der Waals surface area contributed by atoms with Crippen molar-refractivity contribution in [2.75, 3.05) is 20.3 Å². The van der Waals surface area contributed by atoms with E-state index in [0.717, 1.165) is 31.6 Å². The molecule has 1 fully saturated rings. The lowest BCUT2D eigenvalue weighted by atomic mass is 9.79. The maximum Gasteiger partial charge on any atom is 0.491 e. The highest BCUT2D eigenvalue weighted by molar-refractivity contribution is 6.58. The highest BCUT2D eigenvalue weighted by atomic mass is 19.1. The lowest BCUT2D eigenvalue weighted by Crippen LogP contribution is -2.37. The number of benzene rings is 1. The fraction of sp³-hybridized carbons (Fsp3) is 0.538. The molecule has 1 aliphatic rings. The minimum atomic E-state index is -1.77. The van der Waals surface area contributed by atoms with Crippen LogP contribution in [0, 0.1) is 5.82 Å². The Balaban J connectivity index is 2.03. The minimum Gasteiger partial charge on any atom is -0.423 e. The molecule has 0 amide bonds. The number of nitrogens with zero attached hydrogens (tertiary/aromatic N) is 1. The maximum absolute atomic E-state index is 13.4. The summed E-state index contributed by atoms with van der Waals surface area (Å²) in [4.78, 5) is 2.20. The second-order valence-electron chi connectivity index (χ2n) is 4.99. The highest BCUT2D eigenvalue weighted by Gasteiger charge is 2.20. The molecule has 0 bridgehead atoms. The molecule has 2 N–H and O–H groups in total. The quantitative estimate of drug-likeness (QED) is 0.761. The molecule has 6 heteroatoms. The summed E-state index contributed by atoms with van der Waals surface area (Å²) in [5, 5.41) is 18.2. The van der Waals surface area contributed by atoms with Crippen LogP contribution in [0.5, 0.6) is 0 Å². The van der Waals surface area contributed by atoms with E-state index in [0.29, 0.717) is 12.6 Å². The van der Waals surface area contributed by atoms with Gasteiger partial charge in [-0.2, -0.15) is 0 Å². The van der Waals surface area contributed by atoms with Gasteiger partial charge in [0.05, 0.1) is 0 Å². The van der Waals surface area contributed by atoms with Gasteiger partial charge >= 0.3 is 7.12 Å². The molecule has 1 aliphatic heterocycles. The Labute approximate surface area is 113 Å². The third kappa shape index (κ3) is 3.76. The van der Waals surface area contributed by atoms with E-state index in [9.17, 15) is 4.39 Å². The van der Waals surface area contributed by atoms with Gasteiger partial charge in [-0.3, -0.25) is 4.90 Å². The van der Waals surface area contributed by atoms with E-state index in [1.165, 1.54) is 12.1 Å². The van der Waals surface area contributed by atoms with Crippen molar-refractivity contribution in [2.24, 2.45) is 0 Å². The third-order valence-corrected chi connectivity index (χ3v) is 3.58. The molecule has 0 aromatic heterocycles. The van der Waals surface area contributed by atoms with Crippen LogP contribution in [0.25, 0.3) is 0 Å². The van der Waals surface area contributed by atoms with Crippen LogP contribution in [-0.4, -0.2) is 48.4 Å². The van der Waals surface area contributed by atoms with Gasteiger partial charge in [-0.25, -0.2) is 4.39 Å². The number of hydrogen-bond acceptors (Lipinski definition) is 4. The molecular weight excluding hydrogens is 248 g/mol. The summed E-state index contributed by atoms with van der Waals surface area (Å²) < 4.78 is 18.7. The van der Waals surface area contributed by atoms with E-state index in [1.54, 1.807) is 6.07 Å². The zero-order chi connectivity index (χ0) is 13.8. The van der Waals surface area contributed by atoms with Gasteiger partial charge in [-0.15, -0.1) is 0 Å². The van der Waals surface area contributed by atoms with E-state index >= 15 is 0 Å². The van der Waals surface area contributed by atoms with Crippen molar-refractivity contribution in [1.82, 2.24) is 4.90 Å². The molecule has 0 unspecified atom stereocenters. The van der Waals surface area contributed by atoms with Crippen molar-refractivity contribution in [3.8, 4) is 0 Å². The summed E-state index contributed by atoms with van der Waals surface area (Å²) in [5.74, 6) is -0.590. The molecule has 1 aromatic rings. The molecule has 0 saturated carbocycles. The van der Waals surface area contributed by atoms with Gasteiger partial charge < -0.3 is 14.8 Å². The second kappa shape index (κ2) is 6.48. The SMILES string of the molecule is CN(Cc1ccc(F)c(B(O)O)c1)C1CCOCC1. The number of rotatable bonds is 4. The van der Waals surface area contributed by atoms with Crippen molar-refractivity contribution in [1.29, 1.82) is 0 Å². The lowest BCUT2D eigenvalue weighted by molar-refractivity contribution is 0.0407. The number of ether oxygens (including phenoxy) is 1. The van der Waals surface area contributed by atoms with Crippen molar-refractivity contribution in [2.45, 2.75) is 25.4 Å². The van der Waals surface area contributed by atoms with Crippen LogP contribution in [0.15, 0.2) is 18.2 Å². The number of hydrogen-bond donors (Lipinski definition) is 2. The molecule has 0 spiro atoms. The molecule has 0 radical (unpaired) electrons. The predicted molar refractivity (Wildman–Crippen MR) is 71.5 cm³/mol. The number of halogens is 1. The molecule has 0 aliphatic carbocycles. The van der Waals surface area contributed by atoms with Crippen LogP contribution in [0.2, 0.25) is 0 Å². The van der Waals surface area contributed by atoms with Crippen LogP contribution >= 0.6 is 0 Å². The second-order valence-corrected chi connectivity index (χ2v) is 4.99. The molecule has 2 rings (SSSR count). The smallest absolute Gasteiger partial charge is 0.423 e. The predicted octanol–water partition coefficient (Wildman–Crippen LogP) is 0.116. The third-order valence-electron chi connectivity index (χ3n) is 3.58. The van der Waals surface area contributed by atoms with Crippen molar-refractivity contribution < 1.29 is 19.2 Å². The summed E-state index contributed by atoms with van der Waals surface area (Å²) in [7, 11) is 0.252. The van der Waals surface area contributed by atoms with Crippen molar-refractivity contribution in [3.05, 3.63) is 29.6 Å². The molecule has 0 atom stereocenters.